The third-order valence-corrected chi connectivity index (χ3v) is 3.04. The van der Waals surface area contributed by atoms with Crippen molar-refractivity contribution in [3.05, 3.63) is 27.8 Å². The van der Waals surface area contributed by atoms with Gasteiger partial charge in [0.15, 0.2) is 5.76 Å². The molecule has 0 aliphatic rings. The molecule has 1 unspecified atom stereocenters. The first-order chi connectivity index (χ1) is 9.40. The van der Waals surface area contributed by atoms with Crippen molar-refractivity contribution < 1.29 is 23.8 Å². The third-order valence-electron chi connectivity index (χ3n) is 3.04. The maximum Gasteiger partial charge on any atom is 0.306 e. The summed E-state index contributed by atoms with van der Waals surface area (Å²) in [6.45, 7) is 3.86. The van der Waals surface area contributed by atoms with Crippen molar-refractivity contribution in [1.82, 2.24) is 0 Å². The minimum atomic E-state index is -0.547. The Hall–Kier alpha value is -1.82. The Balaban J connectivity index is 3.24. The van der Waals surface area contributed by atoms with Crippen LogP contribution in [0.25, 0.3) is 0 Å². The molecule has 1 rings (SSSR count). The smallest absolute Gasteiger partial charge is 0.306 e. The zero-order valence-corrected chi connectivity index (χ0v) is 12.1. The number of carbonyl (C=O) groups is 1. The Morgan fingerprint density at radius 3 is 2.55 bits per heavy atom. The number of carbonyl (C=O) groups excluding carboxylic acids is 1. The van der Waals surface area contributed by atoms with Crippen LogP contribution >= 0.6 is 0 Å². The largest absolute Gasteiger partial charge is 0.502 e. The molecule has 6 heteroatoms. The predicted octanol–water partition coefficient (Wildman–Crippen LogP) is 1.79. The van der Waals surface area contributed by atoms with E-state index in [0.717, 1.165) is 0 Å². The molecular weight excluding hydrogens is 264 g/mol. The van der Waals surface area contributed by atoms with E-state index in [1.807, 2.05) is 13.8 Å². The summed E-state index contributed by atoms with van der Waals surface area (Å²) in [6.07, 6.45) is 0.0289. The Morgan fingerprint density at radius 1 is 1.40 bits per heavy atom. The van der Waals surface area contributed by atoms with Crippen LogP contribution in [0.4, 0.5) is 0 Å². The van der Waals surface area contributed by atoms with Crippen molar-refractivity contribution >= 4 is 5.97 Å². The molecule has 1 aromatic heterocycles. The predicted molar refractivity (Wildman–Crippen MR) is 71.6 cm³/mol. The molecule has 20 heavy (non-hydrogen) atoms. The second-order valence-corrected chi connectivity index (χ2v) is 4.85. The number of hydrogen-bond donors (Lipinski definition) is 1. The number of methoxy groups -OCH3 is 2. The average Bonchev–Trinajstić information content (AvgIpc) is 2.40. The van der Waals surface area contributed by atoms with Crippen molar-refractivity contribution in [3.63, 3.8) is 0 Å². The van der Waals surface area contributed by atoms with Gasteiger partial charge in [-0.25, -0.2) is 0 Å². The summed E-state index contributed by atoms with van der Waals surface area (Å²) in [5.41, 5.74) is -0.547. The lowest BCUT2D eigenvalue weighted by Crippen LogP contribution is -2.17. The van der Waals surface area contributed by atoms with Crippen LogP contribution in [0, 0.1) is 5.92 Å². The Morgan fingerprint density at radius 2 is 2.05 bits per heavy atom. The van der Waals surface area contributed by atoms with Gasteiger partial charge in [-0.2, -0.15) is 0 Å². The molecule has 0 aromatic carbocycles. The minimum Gasteiger partial charge on any atom is -0.502 e. The first-order valence-corrected chi connectivity index (χ1v) is 6.32. The van der Waals surface area contributed by atoms with E-state index in [9.17, 15) is 14.7 Å². The van der Waals surface area contributed by atoms with Crippen LogP contribution in [0.2, 0.25) is 0 Å². The molecule has 112 valence electrons. The van der Waals surface area contributed by atoms with Gasteiger partial charge in [-0.1, -0.05) is 13.8 Å². The molecule has 1 heterocycles. The number of aromatic hydroxyl groups is 1. The monoisotopic (exact) mass is 284 g/mol. The SMILES string of the molecule is COCc1cc(=O)c(O)c(C(CC(=O)OC)C(C)C)o1. The highest BCUT2D eigenvalue weighted by atomic mass is 16.5. The van der Waals surface area contributed by atoms with Crippen molar-refractivity contribution in [3.8, 4) is 5.75 Å². The van der Waals surface area contributed by atoms with Crippen LogP contribution < -0.4 is 5.43 Å². The molecule has 0 aliphatic carbocycles. The van der Waals surface area contributed by atoms with Crippen LogP contribution in [0.5, 0.6) is 5.75 Å². The van der Waals surface area contributed by atoms with Gasteiger partial charge in [0.2, 0.25) is 11.2 Å². The van der Waals surface area contributed by atoms with Gasteiger partial charge in [-0.3, -0.25) is 9.59 Å². The van der Waals surface area contributed by atoms with Gasteiger partial charge in [-0.05, 0) is 5.92 Å². The number of rotatable bonds is 6. The summed E-state index contributed by atoms with van der Waals surface area (Å²) in [7, 11) is 2.76. The van der Waals surface area contributed by atoms with E-state index in [-0.39, 0.29) is 24.7 Å². The van der Waals surface area contributed by atoms with Gasteiger partial charge >= 0.3 is 5.97 Å². The summed E-state index contributed by atoms with van der Waals surface area (Å²) in [5.74, 6) is -0.936. The number of esters is 1. The molecule has 0 fully saturated rings. The second kappa shape index (κ2) is 7.09. The zero-order valence-electron chi connectivity index (χ0n) is 12.1. The molecule has 0 saturated heterocycles. The fraction of sp³-hybridized carbons (Fsp3) is 0.571. The number of hydrogen-bond acceptors (Lipinski definition) is 6. The van der Waals surface area contributed by atoms with E-state index < -0.39 is 23.1 Å². The van der Waals surface area contributed by atoms with E-state index in [4.69, 9.17) is 9.15 Å². The maximum atomic E-state index is 11.7. The highest BCUT2D eigenvalue weighted by Gasteiger charge is 2.27. The molecule has 1 atom stereocenters. The minimum absolute atomic E-state index is 0.0130. The molecule has 0 radical (unpaired) electrons. The lowest BCUT2D eigenvalue weighted by molar-refractivity contribution is -0.141. The summed E-state index contributed by atoms with van der Waals surface area (Å²) in [5, 5.41) is 9.90. The summed E-state index contributed by atoms with van der Waals surface area (Å²) in [6, 6.07) is 1.18. The van der Waals surface area contributed by atoms with Gasteiger partial charge in [0.1, 0.15) is 12.4 Å². The zero-order chi connectivity index (χ0) is 15.3. The molecule has 0 spiro atoms. The highest BCUT2D eigenvalue weighted by molar-refractivity contribution is 5.70. The third kappa shape index (κ3) is 3.84. The van der Waals surface area contributed by atoms with Crippen molar-refractivity contribution in [2.75, 3.05) is 14.2 Å². The maximum absolute atomic E-state index is 11.7. The molecule has 1 N–H and O–H groups in total. The molecular formula is C14H20O6. The van der Waals surface area contributed by atoms with E-state index in [0.29, 0.717) is 5.76 Å². The Labute approximate surface area is 117 Å². The van der Waals surface area contributed by atoms with Crippen LogP contribution in [-0.2, 0) is 20.9 Å². The topological polar surface area (TPSA) is 86.0 Å². The van der Waals surface area contributed by atoms with Crippen LogP contribution in [0.15, 0.2) is 15.3 Å². The van der Waals surface area contributed by atoms with E-state index in [1.165, 1.54) is 20.3 Å². The van der Waals surface area contributed by atoms with Crippen molar-refractivity contribution in [1.29, 1.82) is 0 Å². The van der Waals surface area contributed by atoms with Crippen LogP contribution in [-0.4, -0.2) is 25.3 Å². The van der Waals surface area contributed by atoms with Crippen LogP contribution in [0.3, 0.4) is 0 Å². The standard InChI is InChI=1S/C14H20O6/c1-8(2)10(6-12(16)19-4)14-13(17)11(15)5-9(20-14)7-18-3/h5,8,10,17H,6-7H2,1-4H3. The summed E-state index contributed by atoms with van der Waals surface area (Å²) in [4.78, 5) is 23.2. The van der Waals surface area contributed by atoms with Gasteiger partial charge in [0, 0.05) is 19.1 Å². The van der Waals surface area contributed by atoms with Gasteiger partial charge in [0.05, 0.1) is 13.5 Å². The van der Waals surface area contributed by atoms with Crippen molar-refractivity contribution in [2.24, 2.45) is 5.92 Å². The van der Waals surface area contributed by atoms with Crippen LogP contribution in [0.1, 0.15) is 37.7 Å². The van der Waals surface area contributed by atoms with E-state index in [1.54, 1.807) is 0 Å². The van der Waals surface area contributed by atoms with Gasteiger partial charge < -0.3 is 19.0 Å². The van der Waals surface area contributed by atoms with Gasteiger partial charge in [-0.15, -0.1) is 0 Å². The van der Waals surface area contributed by atoms with Crippen molar-refractivity contribution in [2.45, 2.75) is 32.8 Å². The lowest BCUT2D eigenvalue weighted by Gasteiger charge is -2.20. The lowest BCUT2D eigenvalue weighted by atomic mass is 9.89. The number of ether oxygens (including phenoxy) is 2. The van der Waals surface area contributed by atoms with E-state index >= 15 is 0 Å². The molecule has 6 nitrogen and oxygen atoms in total. The summed E-state index contributed by atoms with van der Waals surface area (Å²) < 4.78 is 15.1. The van der Waals surface area contributed by atoms with E-state index in [2.05, 4.69) is 4.74 Å². The quantitative estimate of drug-likeness (QED) is 0.801. The Kier molecular flexibility index (Phi) is 5.76. The second-order valence-electron chi connectivity index (χ2n) is 4.85. The first-order valence-electron chi connectivity index (χ1n) is 6.32. The fourth-order valence-electron chi connectivity index (χ4n) is 1.91. The molecule has 0 saturated carbocycles. The summed E-state index contributed by atoms with van der Waals surface area (Å²) >= 11 is 0. The molecule has 1 aromatic rings. The average molecular weight is 284 g/mol. The fourth-order valence-corrected chi connectivity index (χ4v) is 1.91. The highest BCUT2D eigenvalue weighted by Crippen LogP contribution is 2.33. The van der Waals surface area contributed by atoms with Gasteiger partial charge in [0.25, 0.3) is 0 Å². The molecule has 0 amide bonds. The molecule has 0 aliphatic heterocycles. The first kappa shape index (κ1) is 16.2. The molecule has 0 bridgehead atoms. The Bertz CT molecular complexity index is 517. The normalized spacial score (nSPS) is 12.4.